The molecule has 0 atom stereocenters. The molecule has 1 radical (unpaired) electrons. The van der Waals surface area contributed by atoms with Gasteiger partial charge >= 0.3 is 17.1 Å². The molecule has 7 nitrogen and oxygen atoms in total. The summed E-state index contributed by atoms with van der Waals surface area (Å²) < 4.78 is 0. The summed E-state index contributed by atoms with van der Waals surface area (Å²) in [4.78, 5) is 32.7. The molecule has 0 saturated carbocycles. The third-order valence-corrected chi connectivity index (χ3v) is 18.8. The van der Waals surface area contributed by atoms with Crippen LogP contribution in [-0.2, 0) is 17.1 Å². The fraction of sp³-hybridized carbons (Fsp3) is 0.189. The molecule has 82 heavy (non-hydrogen) atoms. The molecule has 0 fully saturated rings. The van der Waals surface area contributed by atoms with Gasteiger partial charge in [0.1, 0.15) is 0 Å². The van der Waals surface area contributed by atoms with E-state index in [0.717, 1.165) is 88.6 Å². The minimum absolute atomic E-state index is 0. The van der Waals surface area contributed by atoms with E-state index in [-0.39, 0.29) is 17.1 Å². The molecule has 0 amide bonds. The quantitative estimate of drug-likeness (QED) is 0.132. The molecule has 14 aromatic rings. The fourth-order valence-electron chi connectivity index (χ4n) is 13.1. The molecular formula is C74H63CuN7. The number of hydrogen-bond donors (Lipinski definition) is 3. The summed E-state index contributed by atoms with van der Waals surface area (Å²) in [5.41, 5.74) is 37.1. The van der Waals surface area contributed by atoms with Crippen LogP contribution < -0.4 is 9.97 Å². The van der Waals surface area contributed by atoms with Crippen LogP contribution in [0.3, 0.4) is 0 Å². The molecule has 3 N–H and O–H groups in total. The Balaban J connectivity index is 0.000000155. The Morgan fingerprint density at radius 1 is 0.244 bits per heavy atom. The van der Waals surface area contributed by atoms with Gasteiger partial charge in [-0.15, -0.1) is 22.1 Å². The summed E-state index contributed by atoms with van der Waals surface area (Å²) in [6.45, 7) is 30.6. The third-order valence-electron chi connectivity index (χ3n) is 18.8. The van der Waals surface area contributed by atoms with Gasteiger partial charge in [-0.2, -0.15) is 0 Å². The maximum absolute atomic E-state index is 5.31. The molecule has 405 valence electrons. The molecule has 8 heterocycles. The van der Waals surface area contributed by atoms with Gasteiger partial charge in [0.25, 0.3) is 0 Å². The Bertz CT molecular complexity index is 4770. The first kappa shape index (κ1) is 51.5. The predicted octanol–water partition coefficient (Wildman–Crippen LogP) is 19.5. The van der Waals surface area contributed by atoms with Crippen molar-refractivity contribution in [2.45, 2.75) is 96.9 Å². The zero-order valence-corrected chi connectivity index (χ0v) is 49.9. The third kappa shape index (κ3) is 7.61. The molecule has 8 aromatic carbocycles. The maximum atomic E-state index is 5.31. The van der Waals surface area contributed by atoms with Gasteiger partial charge < -0.3 is 24.9 Å². The van der Waals surface area contributed by atoms with E-state index in [0.29, 0.717) is 0 Å². The van der Waals surface area contributed by atoms with Gasteiger partial charge in [-0.1, -0.05) is 24.3 Å². The van der Waals surface area contributed by atoms with E-state index in [2.05, 4.69) is 221 Å². The van der Waals surface area contributed by atoms with Crippen LogP contribution in [0.25, 0.3) is 154 Å². The van der Waals surface area contributed by atoms with Gasteiger partial charge in [-0.05, 0) is 281 Å². The molecule has 0 unspecified atom stereocenters. The summed E-state index contributed by atoms with van der Waals surface area (Å²) in [5, 5.41) is 12.3. The monoisotopic (exact) mass is 1110 g/mol. The molecule has 0 aliphatic carbocycles. The van der Waals surface area contributed by atoms with Crippen molar-refractivity contribution in [3.8, 4) is 45.0 Å². The zero-order valence-electron chi connectivity index (χ0n) is 49.0. The molecule has 0 saturated heterocycles. The van der Waals surface area contributed by atoms with Gasteiger partial charge in [-0.3, -0.25) is 0 Å². The number of aromatic nitrogens is 7. The van der Waals surface area contributed by atoms with Crippen molar-refractivity contribution in [3.63, 3.8) is 0 Å². The average Bonchev–Trinajstić information content (AvgIpc) is 2.62. The number of hydrogen-bond acceptors (Lipinski definition) is 2. The predicted molar refractivity (Wildman–Crippen MR) is 344 cm³/mol. The Hall–Kier alpha value is -8.68. The number of aromatic amines is 3. The number of fused-ring (bicyclic) bond motifs is 32. The second kappa shape index (κ2) is 18.2. The molecule has 16 rings (SSSR count). The summed E-state index contributed by atoms with van der Waals surface area (Å²) >= 11 is 0. The van der Waals surface area contributed by atoms with Crippen molar-refractivity contribution in [2.75, 3.05) is 0 Å². The van der Waals surface area contributed by atoms with Crippen molar-refractivity contribution in [1.29, 1.82) is 0 Å². The molecule has 0 spiro atoms. The van der Waals surface area contributed by atoms with Crippen molar-refractivity contribution in [3.05, 3.63) is 187 Å². The van der Waals surface area contributed by atoms with Crippen molar-refractivity contribution < 1.29 is 17.1 Å². The topological polar surface area (TPSA) is 101 Å². The second-order valence-electron chi connectivity index (χ2n) is 24.1. The Morgan fingerprint density at radius 2 is 0.439 bits per heavy atom. The van der Waals surface area contributed by atoms with E-state index in [1.165, 1.54) is 143 Å². The molecule has 2 aliphatic rings. The summed E-state index contributed by atoms with van der Waals surface area (Å²) in [5.74, 6) is 0. The van der Waals surface area contributed by atoms with Gasteiger partial charge in [0.15, 0.2) is 0 Å². The van der Waals surface area contributed by atoms with Crippen LogP contribution in [0, 0.1) is 96.9 Å². The summed E-state index contributed by atoms with van der Waals surface area (Å²) in [6, 6.07) is 40.8. The standard InChI is InChI=1S/C44H36N4.C30H27N3.Cu/c1-21-9-29-30(10-22(21)2)38-18-40-33-13-25(5)26(6)14-34(33)42(47-40)20-44-36-16-28(8)27(7)15-35(36)43(48-44)19-41-32-12-24(4)23(3)11-31(32)39(46-41)17-37(29)45-38;1-13-7-19-22(10-16(13)4)31-28-25(19)29-27(20-8-14(2)17(5)11-23(20)32-29)30-26(28)21-9-15(3)18(6)12-24(21)33-30;/h9-20H,1-8H3;7-12,31-33H,1-6H3;/q-2;;+2. The van der Waals surface area contributed by atoms with Crippen LogP contribution in [-0.4, -0.2) is 24.9 Å². The number of nitrogens with one attached hydrogen (secondary N) is 3. The van der Waals surface area contributed by atoms with E-state index < -0.39 is 0 Å². The number of rotatable bonds is 0. The SMILES string of the molecule is Cc1cc2[nH]c3c(c2cc1C)c1[nH]c2cc(C)c(C)cc2c1c1[nH]c2cc(C)c(C)cc2c31.Cc1cc2c(cc1C)-c1cc3[n-]c(cc4nc(cc5[n-]c(cc-2n1)c1cc(C)c(C)cc51)-c1cc(C)c(C)cc1-4)c1cc(C)c(C)cc31.[Cu+2]. The van der Waals surface area contributed by atoms with Crippen molar-refractivity contribution >= 4 is 109 Å². The summed E-state index contributed by atoms with van der Waals surface area (Å²) in [6.07, 6.45) is 0. The number of aryl methyl sites for hydroxylation is 14. The first-order valence-electron chi connectivity index (χ1n) is 28.4. The van der Waals surface area contributed by atoms with Crippen molar-refractivity contribution in [2.24, 2.45) is 0 Å². The molecule has 8 heteroatoms. The number of H-pyrrole nitrogens is 3. The van der Waals surface area contributed by atoms with E-state index in [4.69, 9.17) is 19.9 Å². The molecule has 2 aliphatic heterocycles. The van der Waals surface area contributed by atoms with Gasteiger partial charge in [-0.25, -0.2) is 9.97 Å². The van der Waals surface area contributed by atoms with Gasteiger partial charge in [0, 0.05) is 71.1 Å². The minimum atomic E-state index is 0. The van der Waals surface area contributed by atoms with Crippen LogP contribution in [0.2, 0.25) is 0 Å². The Kier molecular flexibility index (Phi) is 11.4. The number of benzene rings is 8. The van der Waals surface area contributed by atoms with Crippen LogP contribution in [0.15, 0.2) is 109 Å². The second-order valence-corrected chi connectivity index (χ2v) is 24.1. The number of nitrogens with zero attached hydrogens (tertiary/aromatic N) is 4. The molecule has 8 bridgehead atoms. The van der Waals surface area contributed by atoms with Crippen molar-refractivity contribution in [1.82, 2.24) is 34.9 Å². The smallest absolute Gasteiger partial charge is 0.657 e. The van der Waals surface area contributed by atoms with E-state index >= 15 is 0 Å². The normalized spacial score (nSPS) is 12.2. The van der Waals surface area contributed by atoms with Crippen LogP contribution in [0.1, 0.15) is 77.9 Å². The minimum Gasteiger partial charge on any atom is -0.657 e. The molecular weight excluding hydrogens is 1050 g/mol. The fourth-order valence-corrected chi connectivity index (χ4v) is 13.1. The summed E-state index contributed by atoms with van der Waals surface area (Å²) in [7, 11) is 0. The first-order chi connectivity index (χ1) is 38.8. The molecule has 6 aromatic heterocycles. The largest absolute Gasteiger partial charge is 2.00 e. The van der Waals surface area contributed by atoms with E-state index in [1.807, 2.05) is 0 Å². The van der Waals surface area contributed by atoms with E-state index in [1.54, 1.807) is 0 Å². The first-order valence-corrected chi connectivity index (χ1v) is 28.4. The van der Waals surface area contributed by atoms with Crippen LogP contribution in [0.5, 0.6) is 0 Å². The Labute approximate surface area is 487 Å². The average molecular weight is 1110 g/mol. The van der Waals surface area contributed by atoms with Crippen LogP contribution >= 0.6 is 0 Å². The van der Waals surface area contributed by atoms with Gasteiger partial charge in [0.2, 0.25) is 0 Å². The zero-order chi connectivity index (χ0) is 55.9. The van der Waals surface area contributed by atoms with Gasteiger partial charge in [0.05, 0.1) is 39.3 Å². The maximum Gasteiger partial charge on any atom is 2.00 e. The van der Waals surface area contributed by atoms with E-state index in [9.17, 15) is 0 Å². The Morgan fingerprint density at radius 3 is 0.671 bits per heavy atom. The van der Waals surface area contributed by atoms with Crippen LogP contribution in [0.4, 0.5) is 0 Å².